The fourth-order valence-corrected chi connectivity index (χ4v) is 1.93. The van der Waals surface area contributed by atoms with Gasteiger partial charge in [-0.3, -0.25) is 0 Å². The van der Waals surface area contributed by atoms with Crippen LogP contribution in [0.4, 0.5) is 0 Å². The molecule has 0 aliphatic heterocycles. The molecule has 2 aromatic rings. The topological polar surface area (TPSA) is 74.2 Å². The smallest absolute Gasteiger partial charge is 0.229 e. The summed E-state index contributed by atoms with van der Waals surface area (Å²) in [5, 5.41) is 3.92. The lowest BCUT2D eigenvalue weighted by Gasteiger charge is -2.05. The molecular formula is C14H17N3O2. The van der Waals surface area contributed by atoms with E-state index in [0.717, 1.165) is 30.9 Å². The van der Waals surface area contributed by atoms with Gasteiger partial charge in [0, 0.05) is 5.92 Å². The molecule has 0 unspecified atom stereocenters. The van der Waals surface area contributed by atoms with E-state index in [4.69, 9.17) is 15.0 Å². The molecule has 0 atom stereocenters. The highest BCUT2D eigenvalue weighted by Crippen LogP contribution is 2.38. The number of ether oxygens (including phenoxy) is 1. The number of rotatable bonds is 6. The lowest BCUT2D eigenvalue weighted by Crippen LogP contribution is -2.03. The second-order valence-electron chi connectivity index (χ2n) is 4.80. The molecule has 5 heteroatoms. The van der Waals surface area contributed by atoms with E-state index >= 15 is 0 Å². The molecule has 0 radical (unpaired) electrons. The maximum absolute atomic E-state index is 5.67. The minimum absolute atomic E-state index is 0.336. The first-order valence-electron chi connectivity index (χ1n) is 6.59. The Bertz CT molecular complexity index is 549. The molecule has 100 valence electrons. The Morgan fingerprint density at radius 2 is 2.26 bits per heavy atom. The average molecular weight is 259 g/mol. The summed E-state index contributed by atoms with van der Waals surface area (Å²) >= 11 is 0. The molecule has 19 heavy (non-hydrogen) atoms. The minimum Gasteiger partial charge on any atom is -0.485 e. The van der Waals surface area contributed by atoms with Gasteiger partial charge in [-0.1, -0.05) is 17.3 Å². The zero-order chi connectivity index (χ0) is 13.1. The minimum atomic E-state index is 0.336. The molecule has 1 aromatic carbocycles. The molecule has 2 N–H and O–H groups in total. The Labute approximate surface area is 111 Å². The Hall–Kier alpha value is -1.88. The zero-order valence-corrected chi connectivity index (χ0v) is 10.7. The maximum atomic E-state index is 5.67. The van der Waals surface area contributed by atoms with E-state index in [0.29, 0.717) is 24.9 Å². The fraction of sp³-hybridized carbons (Fsp3) is 0.429. The molecule has 1 aliphatic rings. The van der Waals surface area contributed by atoms with Gasteiger partial charge in [0.15, 0.2) is 6.61 Å². The first-order valence-corrected chi connectivity index (χ1v) is 6.59. The number of hydrogen-bond donors (Lipinski definition) is 1. The molecule has 0 saturated heterocycles. The van der Waals surface area contributed by atoms with Crippen molar-refractivity contribution in [2.45, 2.75) is 31.8 Å². The summed E-state index contributed by atoms with van der Waals surface area (Å²) in [7, 11) is 0. The van der Waals surface area contributed by atoms with Gasteiger partial charge in [0.05, 0.1) is 0 Å². The molecule has 1 aliphatic carbocycles. The molecule has 0 amide bonds. The largest absolute Gasteiger partial charge is 0.485 e. The average Bonchev–Trinajstić information content (AvgIpc) is 3.17. The van der Waals surface area contributed by atoms with Gasteiger partial charge in [-0.2, -0.15) is 4.98 Å². The predicted octanol–water partition coefficient (Wildman–Crippen LogP) is 2.03. The highest BCUT2D eigenvalue weighted by molar-refractivity contribution is 5.28. The summed E-state index contributed by atoms with van der Waals surface area (Å²) in [5.41, 5.74) is 6.71. The van der Waals surface area contributed by atoms with E-state index in [-0.39, 0.29) is 0 Å². The molecule has 1 saturated carbocycles. The highest BCUT2D eigenvalue weighted by Gasteiger charge is 2.29. The lowest BCUT2D eigenvalue weighted by molar-refractivity contribution is 0.285. The Kier molecular flexibility index (Phi) is 3.46. The van der Waals surface area contributed by atoms with Crippen LogP contribution in [0.1, 0.15) is 36.0 Å². The summed E-state index contributed by atoms with van der Waals surface area (Å²) < 4.78 is 10.8. The number of nitrogens with two attached hydrogens (primary N) is 1. The zero-order valence-electron chi connectivity index (χ0n) is 10.7. The van der Waals surface area contributed by atoms with E-state index < -0.39 is 0 Å². The van der Waals surface area contributed by atoms with Crippen LogP contribution in [-0.2, 0) is 13.0 Å². The monoisotopic (exact) mass is 259 g/mol. The molecule has 1 aromatic heterocycles. The second-order valence-corrected chi connectivity index (χ2v) is 4.80. The quantitative estimate of drug-likeness (QED) is 0.859. The summed E-state index contributed by atoms with van der Waals surface area (Å²) in [6.07, 6.45) is 3.17. The SMILES string of the molecule is NCCc1cccc(OCc2noc(C3CC3)n2)c1. The van der Waals surface area contributed by atoms with Crippen LogP contribution in [0.25, 0.3) is 0 Å². The van der Waals surface area contributed by atoms with Crippen LogP contribution in [-0.4, -0.2) is 16.7 Å². The van der Waals surface area contributed by atoms with Crippen molar-refractivity contribution in [2.24, 2.45) is 5.73 Å². The Morgan fingerprint density at radius 3 is 3.05 bits per heavy atom. The van der Waals surface area contributed by atoms with Crippen molar-refractivity contribution in [3.63, 3.8) is 0 Å². The first-order chi connectivity index (χ1) is 9.35. The Morgan fingerprint density at radius 1 is 1.37 bits per heavy atom. The normalized spacial score (nSPS) is 14.6. The van der Waals surface area contributed by atoms with Crippen molar-refractivity contribution >= 4 is 0 Å². The van der Waals surface area contributed by atoms with Crippen LogP contribution in [0.3, 0.4) is 0 Å². The molecule has 1 fully saturated rings. The Balaban J connectivity index is 1.59. The first kappa shape index (κ1) is 12.2. The van der Waals surface area contributed by atoms with Crippen molar-refractivity contribution in [1.82, 2.24) is 10.1 Å². The number of hydrogen-bond acceptors (Lipinski definition) is 5. The van der Waals surface area contributed by atoms with Gasteiger partial charge in [-0.25, -0.2) is 0 Å². The molecule has 5 nitrogen and oxygen atoms in total. The molecule has 1 heterocycles. The van der Waals surface area contributed by atoms with E-state index in [2.05, 4.69) is 10.1 Å². The van der Waals surface area contributed by atoms with Crippen molar-refractivity contribution in [2.75, 3.05) is 6.54 Å². The van der Waals surface area contributed by atoms with E-state index in [9.17, 15) is 0 Å². The van der Waals surface area contributed by atoms with E-state index in [1.807, 2.05) is 24.3 Å². The standard InChI is InChI=1S/C14H17N3O2/c15-7-6-10-2-1-3-12(8-10)18-9-13-16-14(19-17-13)11-4-5-11/h1-3,8,11H,4-7,9,15H2. The maximum Gasteiger partial charge on any atom is 0.229 e. The van der Waals surface area contributed by atoms with E-state index in [1.165, 1.54) is 5.56 Å². The number of nitrogens with zero attached hydrogens (tertiary/aromatic N) is 2. The van der Waals surface area contributed by atoms with Gasteiger partial charge in [0.25, 0.3) is 0 Å². The van der Waals surface area contributed by atoms with Gasteiger partial charge in [-0.05, 0) is 43.5 Å². The molecule has 0 spiro atoms. The van der Waals surface area contributed by atoms with Gasteiger partial charge >= 0.3 is 0 Å². The highest BCUT2D eigenvalue weighted by atomic mass is 16.5. The van der Waals surface area contributed by atoms with Crippen LogP contribution >= 0.6 is 0 Å². The van der Waals surface area contributed by atoms with Crippen LogP contribution in [0.5, 0.6) is 5.75 Å². The van der Waals surface area contributed by atoms with Gasteiger partial charge in [0.2, 0.25) is 11.7 Å². The summed E-state index contributed by atoms with van der Waals surface area (Å²) in [5.74, 6) is 2.64. The van der Waals surface area contributed by atoms with Crippen LogP contribution in [0.2, 0.25) is 0 Å². The third-order valence-corrected chi connectivity index (χ3v) is 3.11. The second kappa shape index (κ2) is 5.40. The van der Waals surface area contributed by atoms with E-state index in [1.54, 1.807) is 0 Å². The fourth-order valence-electron chi connectivity index (χ4n) is 1.93. The van der Waals surface area contributed by atoms with Crippen molar-refractivity contribution in [3.8, 4) is 5.75 Å². The van der Waals surface area contributed by atoms with Crippen molar-refractivity contribution in [1.29, 1.82) is 0 Å². The van der Waals surface area contributed by atoms with Gasteiger partial charge in [-0.15, -0.1) is 0 Å². The summed E-state index contributed by atoms with van der Waals surface area (Å²) in [4.78, 5) is 4.32. The molecular weight excluding hydrogens is 242 g/mol. The lowest BCUT2D eigenvalue weighted by atomic mass is 10.1. The van der Waals surface area contributed by atoms with Crippen molar-refractivity contribution in [3.05, 3.63) is 41.5 Å². The van der Waals surface area contributed by atoms with Crippen molar-refractivity contribution < 1.29 is 9.26 Å². The van der Waals surface area contributed by atoms with Gasteiger partial charge < -0.3 is 15.0 Å². The molecule has 3 rings (SSSR count). The third kappa shape index (κ3) is 3.12. The van der Waals surface area contributed by atoms with Crippen LogP contribution in [0, 0.1) is 0 Å². The number of aromatic nitrogens is 2. The summed E-state index contributed by atoms with van der Waals surface area (Å²) in [6.45, 7) is 0.974. The van der Waals surface area contributed by atoms with Crippen LogP contribution < -0.4 is 10.5 Å². The van der Waals surface area contributed by atoms with Crippen LogP contribution in [0.15, 0.2) is 28.8 Å². The van der Waals surface area contributed by atoms with Gasteiger partial charge in [0.1, 0.15) is 5.75 Å². The third-order valence-electron chi connectivity index (χ3n) is 3.11. The molecule has 0 bridgehead atoms. The summed E-state index contributed by atoms with van der Waals surface area (Å²) in [6, 6.07) is 7.92. The number of benzene rings is 1. The predicted molar refractivity (Wildman–Crippen MR) is 69.8 cm³/mol.